The van der Waals surface area contributed by atoms with Crippen molar-refractivity contribution in [3.63, 3.8) is 0 Å². The number of phenolic OH excluding ortho intramolecular Hbond substituents is 1. The standard InChI is InChI=1S/C10H12O2/c11-10-2-1-8-3-5-12-6-4-9(8)7-10/h1-2,7,11H,3-6H2. The fourth-order valence-electron chi connectivity index (χ4n) is 1.56. The highest BCUT2D eigenvalue weighted by molar-refractivity contribution is 5.35. The van der Waals surface area contributed by atoms with Crippen molar-refractivity contribution in [2.75, 3.05) is 13.2 Å². The van der Waals surface area contributed by atoms with E-state index in [1.807, 2.05) is 12.1 Å². The van der Waals surface area contributed by atoms with E-state index in [0.717, 1.165) is 26.1 Å². The van der Waals surface area contributed by atoms with Crippen molar-refractivity contribution in [1.29, 1.82) is 0 Å². The first-order valence-electron chi connectivity index (χ1n) is 4.25. The average Bonchev–Trinajstić information content (AvgIpc) is 2.28. The Morgan fingerprint density at radius 2 is 1.83 bits per heavy atom. The maximum absolute atomic E-state index is 9.24. The van der Waals surface area contributed by atoms with E-state index >= 15 is 0 Å². The van der Waals surface area contributed by atoms with Gasteiger partial charge in [-0.05, 0) is 36.1 Å². The van der Waals surface area contributed by atoms with Gasteiger partial charge < -0.3 is 9.84 Å². The van der Waals surface area contributed by atoms with Gasteiger partial charge in [-0.15, -0.1) is 0 Å². The molecule has 0 radical (unpaired) electrons. The molecule has 0 atom stereocenters. The van der Waals surface area contributed by atoms with E-state index in [2.05, 4.69) is 0 Å². The van der Waals surface area contributed by atoms with Crippen LogP contribution < -0.4 is 0 Å². The van der Waals surface area contributed by atoms with Gasteiger partial charge >= 0.3 is 0 Å². The summed E-state index contributed by atoms with van der Waals surface area (Å²) in [7, 11) is 0. The fourth-order valence-corrected chi connectivity index (χ4v) is 1.56. The molecule has 0 unspecified atom stereocenters. The van der Waals surface area contributed by atoms with Crippen molar-refractivity contribution >= 4 is 0 Å². The quantitative estimate of drug-likeness (QED) is 0.629. The maximum Gasteiger partial charge on any atom is 0.115 e. The van der Waals surface area contributed by atoms with Crippen molar-refractivity contribution < 1.29 is 9.84 Å². The third-order valence-electron chi connectivity index (χ3n) is 2.22. The van der Waals surface area contributed by atoms with E-state index in [9.17, 15) is 5.11 Å². The molecule has 1 aromatic carbocycles. The van der Waals surface area contributed by atoms with E-state index in [0.29, 0.717) is 5.75 Å². The van der Waals surface area contributed by atoms with Gasteiger partial charge in [0.1, 0.15) is 5.75 Å². The molecule has 12 heavy (non-hydrogen) atoms. The molecule has 0 fully saturated rings. The van der Waals surface area contributed by atoms with Crippen LogP contribution in [0, 0.1) is 0 Å². The molecule has 2 rings (SSSR count). The smallest absolute Gasteiger partial charge is 0.115 e. The van der Waals surface area contributed by atoms with Crippen molar-refractivity contribution in [2.24, 2.45) is 0 Å². The van der Waals surface area contributed by atoms with Crippen LogP contribution in [0.2, 0.25) is 0 Å². The van der Waals surface area contributed by atoms with E-state index in [1.54, 1.807) is 6.07 Å². The number of phenols is 1. The number of aromatic hydroxyl groups is 1. The molecule has 1 N–H and O–H groups in total. The van der Waals surface area contributed by atoms with Gasteiger partial charge in [0, 0.05) is 0 Å². The Morgan fingerprint density at radius 3 is 2.67 bits per heavy atom. The Kier molecular flexibility index (Phi) is 2.00. The van der Waals surface area contributed by atoms with Crippen LogP contribution in [0.25, 0.3) is 0 Å². The van der Waals surface area contributed by atoms with Crippen LogP contribution in [0.15, 0.2) is 18.2 Å². The Hall–Kier alpha value is -1.02. The molecule has 1 aromatic rings. The Balaban J connectivity index is 2.36. The van der Waals surface area contributed by atoms with Crippen molar-refractivity contribution in [3.8, 4) is 5.75 Å². The first-order chi connectivity index (χ1) is 5.86. The molecule has 0 saturated carbocycles. The molecule has 1 aliphatic rings. The number of hydrogen-bond donors (Lipinski definition) is 1. The minimum absolute atomic E-state index is 0.357. The van der Waals surface area contributed by atoms with Crippen LogP contribution in [0.3, 0.4) is 0 Å². The minimum Gasteiger partial charge on any atom is -0.508 e. The number of fused-ring (bicyclic) bond motifs is 1. The fraction of sp³-hybridized carbons (Fsp3) is 0.400. The van der Waals surface area contributed by atoms with Gasteiger partial charge in [-0.1, -0.05) is 6.07 Å². The van der Waals surface area contributed by atoms with E-state index in [-0.39, 0.29) is 0 Å². The number of benzene rings is 1. The molecule has 0 bridgehead atoms. The first-order valence-corrected chi connectivity index (χ1v) is 4.25. The molecule has 0 saturated heterocycles. The van der Waals surface area contributed by atoms with E-state index in [1.165, 1.54) is 11.1 Å². The normalized spacial score (nSPS) is 16.7. The second-order valence-electron chi connectivity index (χ2n) is 3.07. The summed E-state index contributed by atoms with van der Waals surface area (Å²) in [6, 6.07) is 5.56. The van der Waals surface area contributed by atoms with Crippen molar-refractivity contribution in [3.05, 3.63) is 29.3 Å². The molecule has 2 heteroatoms. The molecule has 0 aromatic heterocycles. The van der Waals surface area contributed by atoms with Gasteiger partial charge in [0.15, 0.2) is 0 Å². The molecule has 1 heterocycles. The molecule has 2 nitrogen and oxygen atoms in total. The Bertz CT molecular complexity index is 281. The molecule has 64 valence electrons. The van der Waals surface area contributed by atoms with Gasteiger partial charge in [-0.25, -0.2) is 0 Å². The van der Waals surface area contributed by atoms with Crippen molar-refractivity contribution in [2.45, 2.75) is 12.8 Å². The van der Waals surface area contributed by atoms with Gasteiger partial charge in [-0.2, -0.15) is 0 Å². The lowest BCUT2D eigenvalue weighted by Gasteiger charge is -2.03. The van der Waals surface area contributed by atoms with Crippen LogP contribution in [0.4, 0.5) is 0 Å². The summed E-state index contributed by atoms with van der Waals surface area (Å²) in [6.07, 6.45) is 1.89. The van der Waals surface area contributed by atoms with Gasteiger partial charge in [0.2, 0.25) is 0 Å². The molecular formula is C10H12O2. The summed E-state index contributed by atoms with van der Waals surface area (Å²) >= 11 is 0. The molecule has 0 spiro atoms. The number of hydrogen-bond acceptors (Lipinski definition) is 2. The zero-order valence-corrected chi connectivity index (χ0v) is 6.92. The highest BCUT2D eigenvalue weighted by atomic mass is 16.5. The monoisotopic (exact) mass is 164 g/mol. The highest BCUT2D eigenvalue weighted by Gasteiger charge is 2.07. The predicted octanol–water partition coefficient (Wildman–Crippen LogP) is 1.51. The second-order valence-corrected chi connectivity index (χ2v) is 3.07. The lowest BCUT2D eigenvalue weighted by molar-refractivity contribution is 0.146. The number of ether oxygens (including phenoxy) is 1. The van der Waals surface area contributed by atoms with Gasteiger partial charge in [0.05, 0.1) is 13.2 Å². The largest absolute Gasteiger partial charge is 0.508 e. The third-order valence-corrected chi connectivity index (χ3v) is 2.22. The van der Waals surface area contributed by atoms with Crippen LogP contribution >= 0.6 is 0 Å². The van der Waals surface area contributed by atoms with Crippen LogP contribution in [-0.2, 0) is 17.6 Å². The molecule has 1 aliphatic heterocycles. The average molecular weight is 164 g/mol. The van der Waals surface area contributed by atoms with E-state index in [4.69, 9.17) is 4.74 Å². The maximum atomic E-state index is 9.24. The van der Waals surface area contributed by atoms with Crippen LogP contribution in [0.1, 0.15) is 11.1 Å². The summed E-state index contributed by atoms with van der Waals surface area (Å²) < 4.78 is 5.34. The van der Waals surface area contributed by atoms with Crippen molar-refractivity contribution in [1.82, 2.24) is 0 Å². The minimum atomic E-state index is 0.357. The summed E-state index contributed by atoms with van der Waals surface area (Å²) in [5, 5.41) is 9.24. The zero-order chi connectivity index (χ0) is 8.39. The number of rotatable bonds is 0. The SMILES string of the molecule is Oc1ccc2c(c1)CCOCC2. The van der Waals surface area contributed by atoms with Gasteiger partial charge in [-0.3, -0.25) is 0 Å². The zero-order valence-electron chi connectivity index (χ0n) is 6.92. The summed E-state index contributed by atoms with van der Waals surface area (Å²) in [6.45, 7) is 1.58. The van der Waals surface area contributed by atoms with Crippen LogP contribution in [-0.4, -0.2) is 18.3 Å². The second kappa shape index (κ2) is 3.15. The molecule has 0 amide bonds. The Labute approximate surface area is 71.8 Å². The highest BCUT2D eigenvalue weighted by Crippen LogP contribution is 2.19. The summed E-state index contributed by atoms with van der Waals surface area (Å²) in [4.78, 5) is 0. The summed E-state index contributed by atoms with van der Waals surface area (Å²) in [5.74, 6) is 0.357. The topological polar surface area (TPSA) is 29.5 Å². The first kappa shape index (κ1) is 7.62. The lowest BCUT2D eigenvalue weighted by Crippen LogP contribution is -1.94. The van der Waals surface area contributed by atoms with Crippen LogP contribution in [0.5, 0.6) is 5.75 Å². The Morgan fingerprint density at radius 1 is 1.08 bits per heavy atom. The summed E-state index contributed by atoms with van der Waals surface area (Å²) in [5.41, 5.74) is 2.54. The molecular weight excluding hydrogens is 152 g/mol. The predicted molar refractivity (Wildman–Crippen MR) is 46.3 cm³/mol. The molecule has 0 aliphatic carbocycles. The third kappa shape index (κ3) is 1.43. The van der Waals surface area contributed by atoms with E-state index < -0.39 is 0 Å². The van der Waals surface area contributed by atoms with Gasteiger partial charge in [0.25, 0.3) is 0 Å². The lowest BCUT2D eigenvalue weighted by atomic mass is 10.0.